The van der Waals surface area contributed by atoms with Gasteiger partial charge in [-0.25, -0.2) is 0 Å². The zero-order valence-corrected chi connectivity index (χ0v) is 8.12. The zero-order chi connectivity index (χ0) is 9.03. The summed E-state index contributed by atoms with van der Waals surface area (Å²) in [6.45, 7) is 0.843. The Hall–Kier alpha value is -0.220. The van der Waals surface area contributed by atoms with E-state index in [1.165, 1.54) is 11.8 Å². The molecule has 3 nitrogen and oxygen atoms in total. The first kappa shape index (κ1) is 9.86. The van der Waals surface area contributed by atoms with E-state index in [1.807, 2.05) is 6.26 Å². The minimum absolute atomic E-state index is 0.0358. The normalized spacial score (nSPS) is 18.8. The monoisotopic (exact) mass is 189 g/mol. The Morgan fingerprint density at radius 2 is 2.33 bits per heavy atom. The molecular weight excluding hydrogens is 174 g/mol. The lowest BCUT2D eigenvalue weighted by Crippen LogP contribution is -2.32. The molecule has 0 heterocycles. The van der Waals surface area contributed by atoms with Gasteiger partial charge in [-0.2, -0.15) is 11.8 Å². The summed E-state index contributed by atoms with van der Waals surface area (Å²) < 4.78 is 0. The standard InChI is InChI=1S/C8H15NO2S/c1-12-4-7(11)9-5-8(6-10)2-3-8/h10H,2-6H2,1H3,(H,9,11). The highest BCUT2D eigenvalue weighted by atomic mass is 32.2. The summed E-state index contributed by atoms with van der Waals surface area (Å²) in [7, 11) is 0. The minimum atomic E-state index is 0.0358. The molecule has 2 N–H and O–H groups in total. The molecule has 0 radical (unpaired) electrons. The lowest BCUT2D eigenvalue weighted by Gasteiger charge is -2.11. The van der Waals surface area contributed by atoms with Gasteiger partial charge in [-0.05, 0) is 19.1 Å². The number of thioether (sulfide) groups is 1. The Morgan fingerprint density at radius 1 is 1.67 bits per heavy atom. The van der Waals surface area contributed by atoms with Crippen molar-refractivity contribution in [3.63, 3.8) is 0 Å². The van der Waals surface area contributed by atoms with Gasteiger partial charge in [-0.15, -0.1) is 0 Å². The molecule has 1 saturated carbocycles. The molecule has 1 aliphatic rings. The summed E-state index contributed by atoms with van der Waals surface area (Å²) in [6.07, 6.45) is 3.99. The van der Waals surface area contributed by atoms with Gasteiger partial charge >= 0.3 is 0 Å². The van der Waals surface area contributed by atoms with Gasteiger partial charge < -0.3 is 10.4 Å². The summed E-state index contributed by atoms with van der Waals surface area (Å²) in [5, 5.41) is 11.8. The molecule has 12 heavy (non-hydrogen) atoms. The van der Waals surface area contributed by atoms with Crippen LogP contribution in [-0.4, -0.2) is 36.2 Å². The number of hydrogen-bond acceptors (Lipinski definition) is 3. The predicted molar refractivity (Wildman–Crippen MR) is 50.1 cm³/mol. The average Bonchev–Trinajstić information content (AvgIpc) is 2.82. The summed E-state index contributed by atoms with van der Waals surface area (Å²) >= 11 is 1.51. The van der Waals surface area contributed by atoms with Crippen molar-refractivity contribution >= 4 is 17.7 Å². The number of amides is 1. The molecule has 0 aliphatic heterocycles. The first-order valence-corrected chi connectivity index (χ1v) is 5.48. The van der Waals surface area contributed by atoms with Gasteiger partial charge in [0.05, 0.1) is 12.4 Å². The Labute approximate surface area is 76.9 Å². The highest BCUT2D eigenvalue weighted by molar-refractivity contribution is 7.99. The molecule has 0 aromatic carbocycles. The predicted octanol–water partition coefficient (Wildman–Crippen LogP) is 0.238. The number of carbonyl (C=O) groups excluding carboxylic acids is 1. The van der Waals surface area contributed by atoms with E-state index in [9.17, 15) is 4.79 Å². The van der Waals surface area contributed by atoms with Gasteiger partial charge in [0.15, 0.2) is 0 Å². The van der Waals surface area contributed by atoms with E-state index in [-0.39, 0.29) is 17.9 Å². The van der Waals surface area contributed by atoms with Crippen molar-refractivity contribution in [2.45, 2.75) is 12.8 Å². The van der Waals surface area contributed by atoms with Crippen LogP contribution in [0.3, 0.4) is 0 Å². The summed E-state index contributed by atoms with van der Waals surface area (Å²) in [6, 6.07) is 0. The first-order valence-electron chi connectivity index (χ1n) is 4.09. The van der Waals surface area contributed by atoms with Crippen molar-refractivity contribution < 1.29 is 9.90 Å². The van der Waals surface area contributed by atoms with E-state index in [0.717, 1.165) is 12.8 Å². The summed E-state index contributed by atoms with van der Waals surface area (Å²) in [4.78, 5) is 11.0. The molecule has 4 heteroatoms. The molecular formula is C8H15NO2S. The third-order valence-electron chi connectivity index (χ3n) is 2.23. The Morgan fingerprint density at radius 3 is 2.75 bits per heavy atom. The molecule has 0 unspecified atom stereocenters. The van der Waals surface area contributed by atoms with E-state index in [0.29, 0.717) is 12.3 Å². The molecule has 1 aliphatic carbocycles. The SMILES string of the molecule is CSCC(=O)NCC1(CO)CC1. The third-order valence-corrected chi connectivity index (χ3v) is 2.78. The van der Waals surface area contributed by atoms with E-state index >= 15 is 0 Å². The lowest BCUT2D eigenvalue weighted by atomic mass is 10.1. The van der Waals surface area contributed by atoms with E-state index in [2.05, 4.69) is 5.32 Å². The van der Waals surface area contributed by atoms with Crippen molar-refractivity contribution in [2.75, 3.05) is 25.2 Å². The molecule has 1 rings (SSSR count). The average molecular weight is 189 g/mol. The van der Waals surface area contributed by atoms with Crippen LogP contribution in [0.25, 0.3) is 0 Å². The molecule has 1 fully saturated rings. The van der Waals surface area contributed by atoms with Crippen LogP contribution >= 0.6 is 11.8 Å². The van der Waals surface area contributed by atoms with Crippen LogP contribution in [0, 0.1) is 5.41 Å². The van der Waals surface area contributed by atoms with Crippen molar-refractivity contribution in [1.29, 1.82) is 0 Å². The van der Waals surface area contributed by atoms with Crippen LogP contribution in [0.1, 0.15) is 12.8 Å². The fourth-order valence-electron chi connectivity index (χ4n) is 1.04. The van der Waals surface area contributed by atoms with Gasteiger partial charge in [0.25, 0.3) is 0 Å². The Kier molecular flexibility index (Phi) is 3.40. The number of carbonyl (C=O) groups is 1. The van der Waals surface area contributed by atoms with Crippen molar-refractivity contribution in [3.8, 4) is 0 Å². The van der Waals surface area contributed by atoms with Crippen molar-refractivity contribution in [1.82, 2.24) is 5.32 Å². The zero-order valence-electron chi connectivity index (χ0n) is 7.30. The molecule has 1 amide bonds. The molecule has 70 valence electrons. The third kappa shape index (κ3) is 2.68. The second kappa shape index (κ2) is 4.14. The molecule has 0 aromatic heterocycles. The van der Waals surface area contributed by atoms with Gasteiger partial charge in [0, 0.05) is 12.0 Å². The maximum atomic E-state index is 11.0. The number of aliphatic hydroxyl groups is 1. The fraction of sp³-hybridized carbons (Fsp3) is 0.875. The fourth-order valence-corrected chi connectivity index (χ4v) is 1.40. The Balaban J connectivity index is 2.12. The van der Waals surface area contributed by atoms with Crippen LogP contribution in [0.5, 0.6) is 0 Å². The van der Waals surface area contributed by atoms with Gasteiger partial charge in [-0.1, -0.05) is 0 Å². The van der Waals surface area contributed by atoms with Crippen LogP contribution in [0.4, 0.5) is 0 Å². The van der Waals surface area contributed by atoms with Crippen LogP contribution in [-0.2, 0) is 4.79 Å². The number of aliphatic hydroxyl groups excluding tert-OH is 1. The first-order chi connectivity index (χ1) is 5.72. The molecule has 0 bridgehead atoms. The largest absolute Gasteiger partial charge is 0.396 e. The second-order valence-corrected chi connectivity index (χ2v) is 4.23. The van der Waals surface area contributed by atoms with Crippen molar-refractivity contribution in [2.24, 2.45) is 5.41 Å². The van der Waals surface area contributed by atoms with Crippen LogP contribution < -0.4 is 5.32 Å². The van der Waals surface area contributed by atoms with Crippen molar-refractivity contribution in [3.05, 3.63) is 0 Å². The maximum Gasteiger partial charge on any atom is 0.230 e. The van der Waals surface area contributed by atoms with E-state index < -0.39 is 0 Å². The number of hydrogen-bond donors (Lipinski definition) is 2. The highest BCUT2D eigenvalue weighted by Gasteiger charge is 2.41. The molecule has 0 spiro atoms. The summed E-state index contributed by atoms with van der Waals surface area (Å²) in [5.41, 5.74) is 0.0358. The van der Waals surface area contributed by atoms with Gasteiger partial charge in [-0.3, -0.25) is 4.79 Å². The second-order valence-electron chi connectivity index (χ2n) is 3.37. The highest BCUT2D eigenvalue weighted by Crippen LogP contribution is 2.44. The molecule has 0 atom stereocenters. The quantitative estimate of drug-likeness (QED) is 0.651. The lowest BCUT2D eigenvalue weighted by molar-refractivity contribution is -0.118. The number of rotatable bonds is 5. The minimum Gasteiger partial charge on any atom is -0.396 e. The van der Waals surface area contributed by atoms with Gasteiger partial charge in [0.2, 0.25) is 5.91 Å². The maximum absolute atomic E-state index is 11.0. The van der Waals surface area contributed by atoms with E-state index in [4.69, 9.17) is 5.11 Å². The van der Waals surface area contributed by atoms with Crippen LogP contribution in [0.15, 0.2) is 0 Å². The molecule has 0 saturated heterocycles. The Bertz CT molecular complexity index is 168. The molecule has 0 aromatic rings. The van der Waals surface area contributed by atoms with E-state index in [1.54, 1.807) is 0 Å². The number of nitrogens with one attached hydrogen (secondary N) is 1. The smallest absolute Gasteiger partial charge is 0.230 e. The topological polar surface area (TPSA) is 49.3 Å². The van der Waals surface area contributed by atoms with Gasteiger partial charge in [0.1, 0.15) is 0 Å². The van der Waals surface area contributed by atoms with Crippen LogP contribution in [0.2, 0.25) is 0 Å². The summed E-state index contributed by atoms with van der Waals surface area (Å²) in [5.74, 6) is 0.587.